The highest BCUT2D eigenvalue weighted by Crippen LogP contribution is 2.30. The molecular formula is C9H18N2. The van der Waals surface area contributed by atoms with Crippen LogP contribution in [0.25, 0.3) is 0 Å². The molecule has 2 rings (SSSR count). The molecule has 1 saturated carbocycles. The molecule has 2 heteroatoms. The topological polar surface area (TPSA) is 29.3 Å². The van der Waals surface area contributed by atoms with Crippen LogP contribution in [-0.2, 0) is 0 Å². The summed E-state index contributed by atoms with van der Waals surface area (Å²) in [5.74, 6) is 0.796. The van der Waals surface area contributed by atoms with Crippen molar-refractivity contribution < 1.29 is 0 Å². The highest BCUT2D eigenvalue weighted by molar-refractivity contribution is 4.87. The first-order chi connectivity index (χ1) is 5.40. The molecule has 0 radical (unpaired) electrons. The van der Waals surface area contributed by atoms with Crippen LogP contribution in [0.1, 0.15) is 25.7 Å². The van der Waals surface area contributed by atoms with E-state index in [1.807, 2.05) is 0 Å². The van der Waals surface area contributed by atoms with E-state index in [4.69, 9.17) is 5.73 Å². The van der Waals surface area contributed by atoms with Gasteiger partial charge in [0.2, 0.25) is 0 Å². The van der Waals surface area contributed by atoms with Crippen LogP contribution in [-0.4, -0.2) is 30.6 Å². The van der Waals surface area contributed by atoms with Gasteiger partial charge < -0.3 is 10.6 Å². The van der Waals surface area contributed by atoms with E-state index in [1.165, 1.54) is 38.8 Å². The maximum Gasteiger partial charge on any atom is 0.00965 e. The van der Waals surface area contributed by atoms with E-state index in [0.29, 0.717) is 0 Å². The number of hydrogen-bond donors (Lipinski definition) is 1. The molecule has 1 aliphatic heterocycles. The van der Waals surface area contributed by atoms with E-state index in [-0.39, 0.29) is 0 Å². The zero-order valence-electron chi connectivity index (χ0n) is 7.13. The average Bonchev–Trinajstić information content (AvgIpc) is 2.87. The van der Waals surface area contributed by atoms with Gasteiger partial charge in [-0.3, -0.25) is 0 Å². The van der Waals surface area contributed by atoms with E-state index in [1.54, 1.807) is 0 Å². The molecule has 2 aliphatic rings. The van der Waals surface area contributed by atoms with Gasteiger partial charge in [-0.1, -0.05) is 0 Å². The Morgan fingerprint density at radius 3 is 2.73 bits per heavy atom. The first kappa shape index (κ1) is 7.56. The number of hydrogen-bond acceptors (Lipinski definition) is 2. The van der Waals surface area contributed by atoms with Crippen LogP contribution < -0.4 is 5.73 Å². The lowest BCUT2D eigenvalue weighted by molar-refractivity contribution is 0.170. The maximum absolute atomic E-state index is 5.66. The van der Waals surface area contributed by atoms with E-state index < -0.39 is 0 Å². The van der Waals surface area contributed by atoms with Crippen LogP contribution in [0.3, 0.4) is 0 Å². The lowest BCUT2D eigenvalue weighted by Crippen LogP contribution is -2.39. The summed E-state index contributed by atoms with van der Waals surface area (Å²) in [4.78, 5) is 2.64. The van der Waals surface area contributed by atoms with Gasteiger partial charge in [0.05, 0.1) is 0 Å². The third-order valence-electron chi connectivity index (χ3n) is 2.95. The fourth-order valence-electron chi connectivity index (χ4n) is 2.06. The monoisotopic (exact) mass is 154 g/mol. The molecule has 2 fully saturated rings. The Morgan fingerprint density at radius 2 is 2.09 bits per heavy atom. The normalized spacial score (nSPS) is 34.1. The molecule has 0 spiro atoms. The molecule has 0 amide bonds. The van der Waals surface area contributed by atoms with Gasteiger partial charge in [0.25, 0.3) is 0 Å². The van der Waals surface area contributed by atoms with Gasteiger partial charge in [-0.05, 0) is 44.7 Å². The standard InChI is InChI=1S/C9H18N2/c10-6-8-2-1-5-11(7-8)9-3-4-9/h8-9H,1-7,10H2/t8-/m0/s1. The number of likely N-dealkylation sites (tertiary alicyclic amines) is 1. The minimum atomic E-state index is 0.796. The molecular weight excluding hydrogens is 136 g/mol. The van der Waals surface area contributed by atoms with E-state index in [0.717, 1.165) is 18.5 Å². The highest BCUT2D eigenvalue weighted by Gasteiger charge is 2.31. The lowest BCUT2D eigenvalue weighted by Gasteiger charge is -2.31. The molecule has 1 heterocycles. The minimum Gasteiger partial charge on any atom is -0.330 e. The van der Waals surface area contributed by atoms with E-state index in [2.05, 4.69) is 4.90 Å². The average molecular weight is 154 g/mol. The molecule has 0 bridgehead atoms. The predicted octanol–water partition coefficient (Wildman–Crippen LogP) is 0.820. The van der Waals surface area contributed by atoms with Crippen molar-refractivity contribution in [2.24, 2.45) is 11.7 Å². The third-order valence-corrected chi connectivity index (χ3v) is 2.95. The Morgan fingerprint density at radius 1 is 1.27 bits per heavy atom. The van der Waals surface area contributed by atoms with Crippen molar-refractivity contribution in [2.45, 2.75) is 31.7 Å². The Balaban J connectivity index is 1.82. The molecule has 0 unspecified atom stereocenters. The highest BCUT2D eigenvalue weighted by atomic mass is 15.2. The molecule has 1 aliphatic carbocycles. The van der Waals surface area contributed by atoms with Gasteiger partial charge in [0.1, 0.15) is 0 Å². The Hall–Kier alpha value is -0.0800. The largest absolute Gasteiger partial charge is 0.330 e. The molecule has 0 aromatic rings. The van der Waals surface area contributed by atoms with Crippen molar-refractivity contribution in [1.82, 2.24) is 4.90 Å². The second-order valence-electron chi connectivity index (χ2n) is 3.97. The summed E-state index contributed by atoms with van der Waals surface area (Å²) in [6, 6.07) is 0.948. The van der Waals surface area contributed by atoms with Crippen LogP contribution in [0.5, 0.6) is 0 Å². The summed E-state index contributed by atoms with van der Waals surface area (Å²) < 4.78 is 0. The number of piperidine rings is 1. The summed E-state index contributed by atoms with van der Waals surface area (Å²) in [6.07, 6.45) is 5.62. The second kappa shape index (κ2) is 3.11. The summed E-state index contributed by atoms with van der Waals surface area (Å²) in [7, 11) is 0. The first-order valence-corrected chi connectivity index (χ1v) is 4.84. The number of rotatable bonds is 2. The van der Waals surface area contributed by atoms with Crippen LogP contribution in [0.2, 0.25) is 0 Å². The van der Waals surface area contributed by atoms with E-state index >= 15 is 0 Å². The Labute approximate surface area is 68.7 Å². The van der Waals surface area contributed by atoms with Crippen molar-refractivity contribution in [2.75, 3.05) is 19.6 Å². The Bertz CT molecular complexity index is 132. The molecule has 2 N–H and O–H groups in total. The maximum atomic E-state index is 5.66. The molecule has 1 saturated heterocycles. The molecule has 0 aromatic carbocycles. The van der Waals surface area contributed by atoms with Crippen molar-refractivity contribution in [3.05, 3.63) is 0 Å². The predicted molar refractivity (Wildman–Crippen MR) is 46.4 cm³/mol. The van der Waals surface area contributed by atoms with Crippen molar-refractivity contribution in [3.63, 3.8) is 0 Å². The summed E-state index contributed by atoms with van der Waals surface area (Å²) in [5, 5.41) is 0. The van der Waals surface area contributed by atoms with Gasteiger partial charge in [0.15, 0.2) is 0 Å². The first-order valence-electron chi connectivity index (χ1n) is 4.84. The summed E-state index contributed by atoms with van der Waals surface area (Å²) in [6.45, 7) is 3.51. The third kappa shape index (κ3) is 1.74. The quantitative estimate of drug-likeness (QED) is 0.638. The van der Waals surface area contributed by atoms with Crippen LogP contribution in [0.15, 0.2) is 0 Å². The fourth-order valence-corrected chi connectivity index (χ4v) is 2.06. The fraction of sp³-hybridized carbons (Fsp3) is 1.00. The molecule has 11 heavy (non-hydrogen) atoms. The lowest BCUT2D eigenvalue weighted by atomic mass is 9.98. The molecule has 64 valence electrons. The van der Waals surface area contributed by atoms with Gasteiger partial charge in [-0.15, -0.1) is 0 Å². The van der Waals surface area contributed by atoms with Crippen molar-refractivity contribution in [3.8, 4) is 0 Å². The summed E-state index contributed by atoms with van der Waals surface area (Å²) in [5.41, 5.74) is 5.66. The van der Waals surface area contributed by atoms with Crippen molar-refractivity contribution in [1.29, 1.82) is 0 Å². The zero-order valence-corrected chi connectivity index (χ0v) is 7.13. The molecule has 0 aromatic heterocycles. The van der Waals surface area contributed by atoms with E-state index in [9.17, 15) is 0 Å². The second-order valence-corrected chi connectivity index (χ2v) is 3.97. The van der Waals surface area contributed by atoms with Crippen molar-refractivity contribution >= 4 is 0 Å². The minimum absolute atomic E-state index is 0.796. The number of nitrogens with zero attached hydrogens (tertiary/aromatic N) is 1. The van der Waals surface area contributed by atoms with Gasteiger partial charge in [-0.25, -0.2) is 0 Å². The molecule has 2 nitrogen and oxygen atoms in total. The zero-order chi connectivity index (χ0) is 7.68. The van der Waals surface area contributed by atoms with Gasteiger partial charge in [0, 0.05) is 12.6 Å². The SMILES string of the molecule is NC[C@@H]1CCCN(C2CC2)C1. The molecule has 1 atom stereocenters. The Kier molecular flexibility index (Phi) is 2.14. The summed E-state index contributed by atoms with van der Waals surface area (Å²) >= 11 is 0. The smallest absolute Gasteiger partial charge is 0.00965 e. The van der Waals surface area contributed by atoms with Gasteiger partial charge >= 0.3 is 0 Å². The van der Waals surface area contributed by atoms with Crippen LogP contribution >= 0.6 is 0 Å². The van der Waals surface area contributed by atoms with Crippen LogP contribution in [0, 0.1) is 5.92 Å². The number of nitrogens with two attached hydrogens (primary N) is 1. The van der Waals surface area contributed by atoms with Crippen LogP contribution in [0.4, 0.5) is 0 Å². The van der Waals surface area contributed by atoms with Gasteiger partial charge in [-0.2, -0.15) is 0 Å².